The number of nitrogens with one attached hydrogen (secondary N) is 1. The number of nitrogens with zero attached hydrogens (tertiary/aromatic N) is 6. The number of aryl methyl sites for hydroxylation is 2. The van der Waals surface area contributed by atoms with Gasteiger partial charge in [0.25, 0.3) is 0 Å². The van der Waals surface area contributed by atoms with Crippen LogP contribution in [-0.2, 0) is 22.5 Å². The number of hydrogen-bond acceptors (Lipinski definition) is 8. The van der Waals surface area contributed by atoms with Crippen molar-refractivity contribution in [2.45, 2.75) is 45.8 Å². The van der Waals surface area contributed by atoms with Crippen LogP contribution in [0.3, 0.4) is 0 Å². The van der Waals surface area contributed by atoms with Crippen LogP contribution in [0.25, 0.3) is 11.0 Å². The van der Waals surface area contributed by atoms with Gasteiger partial charge in [0.1, 0.15) is 23.5 Å². The number of carboxylic acids is 1. The second-order valence-electron chi connectivity index (χ2n) is 8.73. The Morgan fingerprint density at radius 1 is 1.31 bits per heavy atom. The second kappa shape index (κ2) is 10.6. The lowest BCUT2D eigenvalue weighted by Crippen LogP contribution is -2.39. The third kappa shape index (κ3) is 6.01. The molecule has 0 aromatic carbocycles. The molecule has 3 aromatic rings. The number of carboxylic acid groups (broad SMARTS) is 1. The van der Waals surface area contributed by atoms with E-state index in [2.05, 4.69) is 15.4 Å². The molecule has 0 aliphatic carbocycles. The van der Waals surface area contributed by atoms with Gasteiger partial charge in [0.15, 0.2) is 5.82 Å². The van der Waals surface area contributed by atoms with Gasteiger partial charge in [0.2, 0.25) is 5.95 Å². The number of ether oxygens (including phenoxy) is 1. The van der Waals surface area contributed by atoms with Crippen molar-refractivity contribution in [3.8, 4) is 0 Å². The number of carbonyl (C=O) groups is 1. The summed E-state index contributed by atoms with van der Waals surface area (Å²) in [5, 5.41) is 17.3. The molecule has 194 valence electrons. The number of hydrogen-bond donors (Lipinski definition) is 2. The van der Waals surface area contributed by atoms with Crippen LogP contribution in [0.15, 0.2) is 18.3 Å². The van der Waals surface area contributed by atoms with Crippen LogP contribution in [0.5, 0.6) is 0 Å². The second-order valence-corrected chi connectivity index (χ2v) is 8.73. The minimum atomic E-state index is -4.41. The summed E-state index contributed by atoms with van der Waals surface area (Å²) in [6, 6.07) is 3.68. The average molecular weight is 508 g/mol. The SMILES string of the molecule is CCc1nn(CCOCC(F)(F)F)c2c(Nc3ccc(C)cn3)nc(N3CCC[C@@H](C(=O)O)C3)nc12. The molecule has 0 radical (unpaired) electrons. The van der Waals surface area contributed by atoms with Crippen LogP contribution in [0.2, 0.25) is 0 Å². The average Bonchev–Trinajstić information content (AvgIpc) is 3.20. The molecule has 4 heterocycles. The summed E-state index contributed by atoms with van der Waals surface area (Å²) in [4.78, 5) is 27.2. The first-order chi connectivity index (χ1) is 17.1. The smallest absolute Gasteiger partial charge is 0.411 e. The fourth-order valence-electron chi connectivity index (χ4n) is 4.12. The normalized spacial score (nSPS) is 16.5. The van der Waals surface area contributed by atoms with Gasteiger partial charge in [-0.3, -0.25) is 9.48 Å². The molecule has 1 aliphatic heterocycles. The van der Waals surface area contributed by atoms with Crippen molar-refractivity contribution < 1.29 is 27.8 Å². The molecular weight excluding hydrogens is 479 g/mol. The standard InChI is InChI=1S/C23H28F3N7O3/c1-3-16-18-19(33(31-16)9-10-36-13-23(24,25)26)20(28-17-7-6-14(2)11-27-17)30-22(29-18)32-8-4-5-15(12-32)21(34)35/h6-7,11,15H,3-5,8-10,12-13H2,1-2H3,(H,34,35)(H,27,28,29,30)/t15-/m1/s1. The number of piperidine rings is 1. The molecule has 3 aromatic heterocycles. The summed E-state index contributed by atoms with van der Waals surface area (Å²) >= 11 is 0. The van der Waals surface area contributed by atoms with E-state index in [1.165, 1.54) is 0 Å². The largest absolute Gasteiger partial charge is 0.481 e. The van der Waals surface area contributed by atoms with Gasteiger partial charge in [0, 0.05) is 19.3 Å². The highest BCUT2D eigenvalue weighted by molar-refractivity contribution is 5.90. The highest BCUT2D eigenvalue weighted by Crippen LogP contribution is 2.30. The van der Waals surface area contributed by atoms with E-state index in [4.69, 9.17) is 14.7 Å². The Kier molecular flexibility index (Phi) is 7.57. The molecule has 10 nitrogen and oxygen atoms in total. The molecule has 2 N–H and O–H groups in total. The van der Waals surface area contributed by atoms with E-state index in [0.29, 0.717) is 60.1 Å². The van der Waals surface area contributed by atoms with Gasteiger partial charge in [-0.15, -0.1) is 0 Å². The number of rotatable bonds is 9. The van der Waals surface area contributed by atoms with E-state index < -0.39 is 24.7 Å². The summed E-state index contributed by atoms with van der Waals surface area (Å²) in [6.45, 7) is 3.24. The third-order valence-electron chi connectivity index (χ3n) is 5.90. The summed E-state index contributed by atoms with van der Waals surface area (Å²) in [5.41, 5.74) is 2.68. The van der Waals surface area contributed by atoms with Crippen LogP contribution in [0, 0.1) is 12.8 Å². The van der Waals surface area contributed by atoms with Crippen LogP contribution in [0.4, 0.5) is 30.8 Å². The zero-order chi connectivity index (χ0) is 25.9. The molecule has 4 rings (SSSR count). The minimum Gasteiger partial charge on any atom is -0.481 e. The Labute approximate surface area is 205 Å². The van der Waals surface area contributed by atoms with E-state index in [0.717, 1.165) is 5.56 Å². The molecule has 0 unspecified atom stereocenters. The van der Waals surface area contributed by atoms with E-state index in [-0.39, 0.29) is 19.7 Å². The molecule has 1 saturated heterocycles. The molecule has 0 spiro atoms. The first-order valence-corrected chi connectivity index (χ1v) is 11.7. The van der Waals surface area contributed by atoms with Gasteiger partial charge in [0.05, 0.1) is 24.8 Å². The summed E-state index contributed by atoms with van der Waals surface area (Å²) in [7, 11) is 0. The van der Waals surface area contributed by atoms with E-state index in [9.17, 15) is 23.1 Å². The topological polar surface area (TPSA) is 118 Å². The maximum atomic E-state index is 12.5. The molecular formula is C23H28F3N7O3. The van der Waals surface area contributed by atoms with Crippen molar-refractivity contribution in [1.82, 2.24) is 24.7 Å². The van der Waals surface area contributed by atoms with Crippen LogP contribution in [0.1, 0.15) is 31.0 Å². The van der Waals surface area contributed by atoms with E-state index in [1.807, 2.05) is 24.8 Å². The monoisotopic (exact) mass is 507 g/mol. The van der Waals surface area contributed by atoms with Crippen molar-refractivity contribution in [3.05, 3.63) is 29.6 Å². The van der Waals surface area contributed by atoms with Crippen LogP contribution < -0.4 is 10.2 Å². The van der Waals surface area contributed by atoms with E-state index in [1.54, 1.807) is 16.9 Å². The van der Waals surface area contributed by atoms with Crippen molar-refractivity contribution in [1.29, 1.82) is 0 Å². The number of fused-ring (bicyclic) bond motifs is 1. The van der Waals surface area contributed by atoms with Gasteiger partial charge in [-0.05, 0) is 37.8 Å². The molecule has 1 aliphatic rings. The maximum Gasteiger partial charge on any atom is 0.411 e. The number of anilines is 3. The highest BCUT2D eigenvalue weighted by Gasteiger charge is 2.29. The fourth-order valence-corrected chi connectivity index (χ4v) is 4.12. The summed E-state index contributed by atoms with van der Waals surface area (Å²) in [5.74, 6) is -0.110. The van der Waals surface area contributed by atoms with Gasteiger partial charge in [-0.2, -0.15) is 23.3 Å². The highest BCUT2D eigenvalue weighted by atomic mass is 19.4. The Hall–Kier alpha value is -3.48. The molecule has 0 saturated carbocycles. The molecule has 36 heavy (non-hydrogen) atoms. The van der Waals surface area contributed by atoms with Crippen LogP contribution >= 0.6 is 0 Å². The lowest BCUT2D eigenvalue weighted by molar-refractivity contribution is -0.174. The Morgan fingerprint density at radius 3 is 2.78 bits per heavy atom. The Balaban J connectivity index is 1.73. The summed E-state index contributed by atoms with van der Waals surface area (Å²) in [6.07, 6.45) is -0.905. The number of pyridine rings is 1. The van der Waals surface area contributed by atoms with Gasteiger partial charge in [-0.25, -0.2) is 9.97 Å². The lowest BCUT2D eigenvalue weighted by atomic mass is 9.99. The lowest BCUT2D eigenvalue weighted by Gasteiger charge is -2.31. The first kappa shape index (κ1) is 25.6. The minimum absolute atomic E-state index is 0.0656. The van der Waals surface area contributed by atoms with Crippen molar-refractivity contribution in [2.75, 3.05) is 36.5 Å². The van der Waals surface area contributed by atoms with Crippen molar-refractivity contribution in [3.63, 3.8) is 0 Å². The third-order valence-corrected chi connectivity index (χ3v) is 5.90. The molecule has 1 fully saturated rings. The maximum absolute atomic E-state index is 12.5. The summed E-state index contributed by atoms with van der Waals surface area (Å²) < 4.78 is 43.8. The quantitative estimate of drug-likeness (QED) is 0.418. The molecule has 1 atom stereocenters. The molecule has 13 heteroatoms. The fraction of sp³-hybridized carbons (Fsp3) is 0.522. The predicted molar refractivity (Wildman–Crippen MR) is 126 cm³/mol. The van der Waals surface area contributed by atoms with Crippen LogP contribution in [-0.4, -0.2) is 68.3 Å². The zero-order valence-electron chi connectivity index (χ0n) is 20.0. The van der Waals surface area contributed by atoms with Crippen molar-refractivity contribution in [2.24, 2.45) is 5.92 Å². The predicted octanol–water partition coefficient (Wildman–Crippen LogP) is 3.72. The zero-order valence-corrected chi connectivity index (χ0v) is 20.0. The number of aliphatic carboxylic acids is 1. The van der Waals surface area contributed by atoms with E-state index >= 15 is 0 Å². The number of halogens is 3. The van der Waals surface area contributed by atoms with Gasteiger partial charge in [-0.1, -0.05) is 13.0 Å². The number of aromatic nitrogens is 5. The van der Waals surface area contributed by atoms with Crippen molar-refractivity contribution >= 4 is 34.6 Å². The molecule has 0 amide bonds. The molecule has 0 bridgehead atoms. The number of alkyl halides is 3. The van der Waals surface area contributed by atoms with Gasteiger partial charge >= 0.3 is 12.1 Å². The Bertz CT molecular complexity index is 1210. The van der Waals surface area contributed by atoms with Gasteiger partial charge < -0.3 is 20.1 Å². The Morgan fingerprint density at radius 2 is 2.11 bits per heavy atom. The first-order valence-electron chi connectivity index (χ1n) is 11.7.